The molecule has 0 atom stereocenters. The molecule has 5 nitrogen and oxygen atoms in total. The first-order valence-corrected chi connectivity index (χ1v) is 8.27. The number of nitrogens with zero attached hydrogens (tertiary/aromatic N) is 1. The van der Waals surface area contributed by atoms with Crippen molar-refractivity contribution in [1.82, 2.24) is 4.90 Å². The SMILES string of the molecule is C=C1CN(Cc2cc(OC)c(OC)c(OC)c2)C1=O.Cc1ccccc1. The van der Waals surface area contributed by atoms with Crippen LogP contribution in [0, 0.1) is 6.92 Å². The van der Waals surface area contributed by atoms with E-state index in [0.29, 0.717) is 35.9 Å². The van der Waals surface area contributed by atoms with Crippen LogP contribution in [-0.4, -0.2) is 38.7 Å². The van der Waals surface area contributed by atoms with Crippen LogP contribution in [0.3, 0.4) is 0 Å². The number of hydrogen-bond acceptors (Lipinski definition) is 4. The zero-order chi connectivity index (χ0) is 19.1. The average Bonchev–Trinajstić information content (AvgIpc) is 2.67. The van der Waals surface area contributed by atoms with E-state index in [1.165, 1.54) is 5.56 Å². The van der Waals surface area contributed by atoms with Gasteiger partial charge in [-0.05, 0) is 24.6 Å². The fourth-order valence-corrected chi connectivity index (χ4v) is 2.61. The standard InChI is InChI=1S/C14H17NO4.C7H8/c1-9-7-15(14(9)16)8-10-5-11(17-2)13(19-4)12(6-10)18-3;1-7-5-3-2-4-6-7/h5-6H,1,7-8H2,2-4H3;2-6H,1H3. The smallest absolute Gasteiger partial charge is 0.251 e. The molecule has 0 radical (unpaired) electrons. The first kappa shape index (κ1) is 19.4. The minimum absolute atomic E-state index is 0.00579. The zero-order valence-electron chi connectivity index (χ0n) is 15.7. The van der Waals surface area contributed by atoms with Gasteiger partial charge in [-0.15, -0.1) is 0 Å². The lowest BCUT2D eigenvalue weighted by molar-refractivity contribution is -0.133. The number of benzene rings is 2. The van der Waals surface area contributed by atoms with Gasteiger partial charge in [-0.1, -0.05) is 42.5 Å². The molecular formula is C21H25NO4. The van der Waals surface area contributed by atoms with E-state index >= 15 is 0 Å². The summed E-state index contributed by atoms with van der Waals surface area (Å²) in [5.41, 5.74) is 2.89. The van der Waals surface area contributed by atoms with E-state index in [4.69, 9.17) is 14.2 Å². The Morgan fingerprint density at radius 2 is 1.58 bits per heavy atom. The van der Waals surface area contributed by atoms with Gasteiger partial charge in [0, 0.05) is 12.1 Å². The van der Waals surface area contributed by atoms with Crippen molar-refractivity contribution in [3.05, 3.63) is 65.7 Å². The highest BCUT2D eigenvalue weighted by molar-refractivity contribution is 5.99. The summed E-state index contributed by atoms with van der Waals surface area (Å²) in [5.74, 6) is 1.72. The van der Waals surface area contributed by atoms with Gasteiger partial charge < -0.3 is 19.1 Å². The second-order valence-electron chi connectivity index (χ2n) is 5.95. The molecule has 0 spiro atoms. The van der Waals surface area contributed by atoms with Crippen LogP contribution in [0.15, 0.2) is 54.6 Å². The Balaban J connectivity index is 0.000000290. The van der Waals surface area contributed by atoms with Crippen LogP contribution in [0.1, 0.15) is 11.1 Å². The highest BCUT2D eigenvalue weighted by Crippen LogP contribution is 2.38. The number of amides is 1. The Morgan fingerprint density at radius 3 is 1.92 bits per heavy atom. The molecule has 1 aliphatic rings. The molecule has 2 aromatic carbocycles. The monoisotopic (exact) mass is 355 g/mol. The molecule has 26 heavy (non-hydrogen) atoms. The van der Waals surface area contributed by atoms with E-state index in [2.05, 4.69) is 25.6 Å². The molecule has 0 N–H and O–H groups in total. The predicted molar refractivity (Wildman–Crippen MR) is 102 cm³/mol. The highest BCUT2D eigenvalue weighted by Gasteiger charge is 2.28. The number of ether oxygens (including phenoxy) is 3. The number of carbonyl (C=O) groups is 1. The van der Waals surface area contributed by atoms with Crippen molar-refractivity contribution in [2.24, 2.45) is 0 Å². The van der Waals surface area contributed by atoms with E-state index in [-0.39, 0.29) is 5.91 Å². The number of aryl methyl sites for hydroxylation is 1. The summed E-state index contributed by atoms with van der Waals surface area (Å²) in [5, 5.41) is 0. The summed E-state index contributed by atoms with van der Waals surface area (Å²) in [4.78, 5) is 13.2. The molecule has 2 aromatic rings. The van der Waals surface area contributed by atoms with Crippen LogP contribution in [0.25, 0.3) is 0 Å². The second-order valence-corrected chi connectivity index (χ2v) is 5.95. The maximum absolute atomic E-state index is 11.5. The van der Waals surface area contributed by atoms with Crippen molar-refractivity contribution >= 4 is 5.91 Å². The van der Waals surface area contributed by atoms with E-state index in [1.807, 2.05) is 30.3 Å². The van der Waals surface area contributed by atoms with Gasteiger partial charge in [-0.3, -0.25) is 4.79 Å². The van der Waals surface area contributed by atoms with Crippen LogP contribution in [0.4, 0.5) is 0 Å². The molecule has 3 rings (SSSR count). The third-order valence-corrected chi connectivity index (χ3v) is 4.01. The zero-order valence-corrected chi connectivity index (χ0v) is 15.7. The predicted octanol–water partition coefficient (Wildman–Crippen LogP) is 3.61. The molecule has 5 heteroatoms. The first-order chi connectivity index (χ1) is 12.5. The van der Waals surface area contributed by atoms with Crippen molar-refractivity contribution in [2.75, 3.05) is 27.9 Å². The van der Waals surface area contributed by atoms with Crippen molar-refractivity contribution in [3.8, 4) is 17.2 Å². The second kappa shape index (κ2) is 8.94. The van der Waals surface area contributed by atoms with E-state index in [1.54, 1.807) is 26.2 Å². The van der Waals surface area contributed by atoms with E-state index in [0.717, 1.165) is 5.56 Å². The van der Waals surface area contributed by atoms with Crippen molar-refractivity contribution in [3.63, 3.8) is 0 Å². The third-order valence-electron chi connectivity index (χ3n) is 4.01. The lowest BCUT2D eigenvalue weighted by Gasteiger charge is -2.32. The molecule has 0 bridgehead atoms. The minimum atomic E-state index is -0.00579. The van der Waals surface area contributed by atoms with Gasteiger partial charge in [0.05, 0.1) is 27.9 Å². The van der Waals surface area contributed by atoms with E-state index in [9.17, 15) is 4.79 Å². The van der Waals surface area contributed by atoms with Crippen LogP contribution in [-0.2, 0) is 11.3 Å². The number of hydrogen-bond donors (Lipinski definition) is 0. The molecule has 0 aliphatic carbocycles. The Kier molecular flexibility index (Phi) is 6.67. The number of likely N-dealkylation sites (tertiary alicyclic amines) is 1. The molecule has 1 amide bonds. The van der Waals surface area contributed by atoms with Gasteiger partial charge in [-0.2, -0.15) is 0 Å². The maximum atomic E-state index is 11.5. The number of rotatable bonds is 5. The van der Waals surface area contributed by atoms with Gasteiger partial charge in [-0.25, -0.2) is 0 Å². The summed E-state index contributed by atoms with van der Waals surface area (Å²) in [6, 6.07) is 13.9. The molecule has 1 fully saturated rings. The average molecular weight is 355 g/mol. The van der Waals surface area contributed by atoms with Crippen LogP contribution < -0.4 is 14.2 Å². The summed E-state index contributed by atoms with van der Waals surface area (Å²) in [7, 11) is 4.69. The normalized spacial score (nSPS) is 12.7. The summed E-state index contributed by atoms with van der Waals surface area (Å²) in [6.07, 6.45) is 0. The van der Waals surface area contributed by atoms with Gasteiger partial charge >= 0.3 is 0 Å². The van der Waals surface area contributed by atoms with Crippen molar-refractivity contribution < 1.29 is 19.0 Å². The topological polar surface area (TPSA) is 48.0 Å². The first-order valence-electron chi connectivity index (χ1n) is 8.27. The Labute approximate surface area is 154 Å². The Bertz CT molecular complexity index is 746. The fraction of sp³-hybridized carbons (Fsp3) is 0.286. The molecule has 138 valence electrons. The van der Waals surface area contributed by atoms with Crippen molar-refractivity contribution in [1.29, 1.82) is 0 Å². The maximum Gasteiger partial charge on any atom is 0.251 e. The summed E-state index contributed by atoms with van der Waals surface area (Å²) in [6.45, 7) is 6.87. The lowest BCUT2D eigenvalue weighted by atomic mass is 10.1. The highest BCUT2D eigenvalue weighted by atomic mass is 16.5. The van der Waals surface area contributed by atoms with Gasteiger partial charge in [0.25, 0.3) is 5.91 Å². The number of methoxy groups -OCH3 is 3. The van der Waals surface area contributed by atoms with Crippen molar-refractivity contribution in [2.45, 2.75) is 13.5 Å². The quantitative estimate of drug-likeness (QED) is 0.607. The number of β-lactam (4-membered cyclic amide) rings is 1. The molecule has 0 unspecified atom stereocenters. The number of carbonyl (C=O) groups excluding carboxylic acids is 1. The Morgan fingerprint density at radius 1 is 1.00 bits per heavy atom. The van der Waals surface area contributed by atoms with Gasteiger partial charge in [0.15, 0.2) is 11.5 Å². The van der Waals surface area contributed by atoms with Gasteiger partial charge in [0.1, 0.15) is 0 Å². The molecule has 0 saturated carbocycles. The van der Waals surface area contributed by atoms with Crippen LogP contribution >= 0.6 is 0 Å². The fourth-order valence-electron chi connectivity index (χ4n) is 2.61. The Hall–Kier alpha value is -2.95. The molecule has 1 saturated heterocycles. The molecular weight excluding hydrogens is 330 g/mol. The summed E-state index contributed by atoms with van der Waals surface area (Å²) < 4.78 is 15.8. The van der Waals surface area contributed by atoms with Crippen LogP contribution in [0.2, 0.25) is 0 Å². The van der Waals surface area contributed by atoms with Crippen LogP contribution in [0.5, 0.6) is 17.2 Å². The van der Waals surface area contributed by atoms with E-state index < -0.39 is 0 Å². The summed E-state index contributed by atoms with van der Waals surface area (Å²) >= 11 is 0. The van der Waals surface area contributed by atoms with Gasteiger partial charge in [0.2, 0.25) is 5.75 Å². The minimum Gasteiger partial charge on any atom is -0.493 e. The molecule has 1 aliphatic heterocycles. The largest absolute Gasteiger partial charge is 0.493 e. The third kappa shape index (κ3) is 4.57. The molecule has 1 heterocycles. The lowest BCUT2D eigenvalue weighted by Crippen LogP contribution is -2.44. The molecule has 0 aromatic heterocycles.